The van der Waals surface area contributed by atoms with E-state index in [9.17, 15) is 4.79 Å². The number of amides is 1. The van der Waals surface area contributed by atoms with Gasteiger partial charge in [-0.1, -0.05) is 41.9 Å². The number of halogens is 2. The standard InChI is InChI=1S/C23H30ClN5O2.HI/c1-28(2)22(30)15-26-23(25-14-17-7-5-4-6-8-17)27-19-11-12-29(16-19)20-13-18(24)9-10-21(20)31-3;/h4-10,13,19H,11-12,14-16H2,1-3H3,(H2,25,26,27);1H. The summed E-state index contributed by atoms with van der Waals surface area (Å²) in [7, 11) is 5.15. The molecule has 0 saturated carbocycles. The fraction of sp³-hybridized carbons (Fsp3) is 0.391. The highest BCUT2D eigenvalue weighted by Gasteiger charge is 2.26. The van der Waals surface area contributed by atoms with Crippen molar-refractivity contribution in [3.8, 4) is 5.75 Å². The van der Waals surface area contributed by atoms with E-state index >= 15 is 0 Å². The maximum Gasteiger partial charge on any atom is 0.241 e. The maximum absolute atomic E-state index is 12.0. The van der Waals surface area contributed by atoms with Crippen molar-refractivity contribution >= 4 is 53.1 Å². The Labute approximate surface area is 212 Å². The molecule has 0 spiro atoms. The molecule has 0 aliphatic carbocycles. The predicted octanol–water partition coefficient (Wildman–Crippen LogP) is 3.37. The largest absolute Gasteiger partial charge is 0.495 e. The summed E-state index contributed by atoms with van der Waals surface area (Å²) < 4.78 is 5.51. The number of hydrogen-bond acceptors (Lipinski definition) is 4. The summed E-state index contributed by atoms with van der Waals surface area (Å²) in [6.45, 7) is 2.37. The van der Waals surface area contributed by atoms with Crippen LogP contribution in [0.5, 0.6) is 5.75 Å². The van der Waals surface area contributed by atoms with E-state index in [0.717, 1.165) is 36.5 Å². The summed E-state index contributed by atoms with van der Waals surface area (Å²) in [6.07, 6.45) is 0.934. The second-order valence-electron chi connectivity index (χ2n) is 7.68. The molecule has 0 bridgehead atoms. The number of nitrogens with zero attached hydrogens (tertiary/aromatic N) is 3. The lowest BCUT2D eigenvalue weighted by atomic mass is 10.2. The number of carbonyl (C=O) groups excluding carboxylic acids is 1. The molecule has 0 radical (unpaired) electrons. The summed E-state index contributed by atoms with van der Waals surface area (Å²) >= 11 is 6.21. The molecule has 1 atom stereocenters. The van der Waals surface area contributed by atoms with Gasteiger partial charge in [0.25, 0.3) is 0 Å². The lowest BCUT2D eigenvalue weighted by molar-refractivity contribution is -0.127. The minimum atomic E-state index is -0.00840. The van der Waals surface area contributed by atoms with Crippen molar-refractivity contribution in [2.45, 2.75) is 19.0 Å². The van der Waals surface area contributed by atoms with Crippen LogP contribution in [0, 0.1) is 0 Å². The van der Waals surface area contributed by atoms with Gasteiger partial charge in [-0.2, -0.15) is 0 Å². The Morgan fingerprint density at radius 2 is 2.00 bits per heavy atom. The fourth-order valence-corrected chi connectivity index (χ4v) is 3.59. The normalized spacial score (nSPS) is 15.7. The van der Waals surface area contributed by atoms with Crippen LogP contribution in [0.2, 0.25) is 5.02 Å². The van der Waals surface area contributed by atoms with E-state index in [1.165, 1.54) is 0 Å². The van der Waals surface area contributed by atoms with Crippen molar-refractivity contribution in [2.24, 2.45) is 4.99 Å². The van der Waals surface area contributed by atoms with Crippen LogP contribution in [-0.2, 0) is 11.3 Å². The minimum Gasteiger partial charge on any atom is -0.495 e. The third-order valence-corrected chi connectivity index (χ3v) is 5.41. The number of likely N-dealkylation sites (N-methyl/N-ethyl adjacent to an activating group) is 1. The van der Waals surface area contributed by atoms with Gasteiger partial charge in [-0.3, -0.25) is 4.79 Å². The summed E-state index contributed by atoms with van der Waals surface area (Å²) in [5.74, 6) is 1.42. The molecule has 0 aromatic heterocycles. The fourth-order valence-electron chi connectivity index (χ4n) is 3.42. The van der Waals surface area contributed by atoms with Gasteiger partial charge in [0, 0.05) is 38.2 Å². The van der Waals surface area contributed by atoms with Gasteiger partial charge in [-0.25, -0.2) is 4.99 Å². The Morgan fingerprint density at radius 1 is 1.25 bits per heavy atom. The third-order valence-electron chi connectivity index (χ3n) is 5.18. The van der Waals surface area contributed by atoms with E-state index in [1.54, 1.807) is 26.1 Å². The molecular weight excluding hydrogens is 541 g/mol. The van der Waals surface area contributed by atoms with Crippen LogP contribution in [0.1, 0.15) is 12.0 Å². The van der Waals surface area contributed by atoms with E-state index in [2.05, 4.69) is 15.5 Å². The second kappa shape index (κ2) is 12.7. The highest BCUT2D eigenvalue weighted by molar-refractivity contribution is 14.0. The average molecular weight is 572 g/mol. The Morgan fingerprint density at radius 3 is 2.69 bits per heavy atom. The molecule has 9 heteroatoms. The molecule has 7 nitrogen and oxygen atoms in total. The number of methoxy groups -OCH3 is 1. The molecule has 3 rings (SSSR count). The van der Waals surface area contributed by atoms with Crippen molar-refractivity contribution in [1.29, 1.82) is 0 Å². The molecule has 1 aliphatic rings. The first kappa shape index (κ1) is 26.1. The first-order valence-corrected chi connectivity index (χ1v) is 10.7. The topological polar surface area (TPSA) is 69.2 Å². The van der Waals surface area contributed by atoms with Crippen LogP contribution in [0.4, 0.5) is 5.69 Å². The number of aliphatic imine (C=N–C) groups is 1. The molecule has 1 unspecified atom stereocenters. The number of guanidine groups is 1. The van der Waals surface area contributed by atoms with Gasteiger partial charge in [-0.05, 0) is 30.2 Å². The van der Waals surface area contributed by atoms with Crippen LogP contribution in [0.3, 0.4) is 0 Å². The molecule has 1 saturated heterocycles. The van der Waals surface area contributed by atoms with Crippen molar-refractivity contribution in [3.63, 3.8) is 0 Å². The highest BCUT2D eigenvalue weighted by Crippen LogP contribution is 2.33. The van der Waals surface area contributed by atoms with Crippen LogP contribution < -0.4 is 20.3 Å². The first-order chi connectivity index (χ1) is 15.0. The van der Waals surface area contributed by atoms with Crippen LogP contribution in [0.25, 0.3) is 0 Å². The van der Waals surface area contributed by atoms with Gasteiger partial charge in [-0.15, -0.1) is 24.0 Å². The number of ether oxygens (including phenoxy) is 1. The van der Waals surface area contributed by atoms with Gasteiger partial charge in [0.1, 0.15) is 5.75 Å². The van der Waals surface area contributed by atoms with Gasteiger partial charge in [0.05, 0.1) is 25.9 Å². The molecular formula is C23H31ClIN5O2. The van der Waals surface area contributed by atoms with Gasteiger partial charge in [0.15, 0.2) is 5.96 Å². The molecule has 2 aromatic carbocycles. The molecule has 2 N–H and O–H groups in total. The lowest BCUT2D eigenvalue weighted by Crippen LogP contribution is -2.47. The van der Waals surface area contributed by atoms with Gasteiger partial charge in [0.2, 0.25) is 5.91 Å². The molecule has 2 aromatic rings. The Bertz CT molecular complexity index is 911. The SMILES string of the molecule is COc1ccc(Cl)cc1N1CCC(NC(=NCc2ccccc2)NCC(=O)N(C)C)C1.I. The van der Waals surface area contributed by atoms with Crippen LogP contribution >= 0.6 is 35.6 Å². The van der Waals surface area contributed by atoms with E-state index in [4.69, 9.17) is 21.3 Å². The number of anilines is 1. The number of nitrogens with one attached hydrogen (secondary N) is 2. The zero-order valence-corrected chi connectivity index (χ0v) is 21.8. The van der Waals surface area contributed by atoms with Crippen LogP contribution in [-0.4, -0.2) is 63.6 Å². The summed E-state index contributed by atoms with van der Waals surface area (Å²) in [6, 6.07) is 15.9. The lowest BCUT2D eigenvalue weighted by Gasteiger charge is -2.22. The number of hydrogen-bond donors (Lipinski definition) is 2. The van der Waals surface area contributed by atoms with E-state index < -0.39 is 0 Å². The predicted molar refractivity (Wildman–Crippen MR) is 141 cm³/mol. The Kier molecular flexibility index (Phi) is 10.4. The maximum atomic E-state index is 12.0. The second-order valence-corrected chi connectivity index (χ2v) is 8.12. The number of benzene rings is 2. The molecule has 1 fully saturated rings. The molecule has 32 heavy (non-hydrogen) atoms. The molecule has 1 aliphatic heterocycles. The van der Waals surface area contributed by atoms with Gasteiger partial charge < -0.3 is 25.2 Å². The van der Waals surface area contributed by atoms with E-state index in [-0.39, 0.29) is 42.5 Å². The molecule has 174 valence electrons. The highest BCUT2D eigenvalue weighted by atomic mass is 127. The number of carbonyl (C=O) groups is 1. The molecule has 1 heterocycles. The van der Waals surface area contributed by atoms with E-state index in [0.29, 0.717) is 17.5 Å². The van der Waals surface area contributed by atoms with Crippen molar-refractivity contribution < 1.29 is 9.53 Å². The quantitative estimate of drug-likeness (QED) is 0.303. The third kappa shape index (κ3) is 7.44. The Balaban J connectivity index is 0.00000363. The summed E-state index contributed by atoms with van der Waals surface area (Å²) in [4.78, 5) is 20.6. The summed E-state index contributed by atoms with van der Waals surface area (Å²) in [5, 5.41) is 7.33. The van der Waals surface area contributed by atoms with Crippen LogP contribution in [0.15, 0.2) is 53.5 Å². The number of rotatable bonds is 7. The molecule has 1 amide bonds. The minimum absolute atomic E-state index is 0. The van der Waals surface area contributed by atoms with Crippen molar-refractivity contribution in [3.05, 3.63) is 59.1 Å². The zero-order chi connectivity index (χ0) is 22.2. The van der Waals surface area contributed by atoms with Crippen molar-refractivity contribution in [1.82, 2.24) is 15.5 Å². The average Bonchev–Trinajstić information content (AvgIpc) is 3.24. The smallest absolute Gasteiger partial charge is 0.241 e. The van der Waals surface area contributed by atoms with Crippen molar-refractivity contribution in [2.75, 3.05) is 45.7 Å². The van der Waals surface area contributed by atoms with E-state index in [1.807, 2.05) is 48.5 Å². The van der Waals surface area contributed by atoms with Gasteiger partial charge >= 0.3 is 0 Å². The zero-order valence-electron chi connectivity index (χ0n) is 18.7. The monoisotopic (exact) mass is 571 g/mol. The summed E-state index contributed by atoms with van der Waals surface area (Å²) in [5.41, 5.74) is 2.09. The first-order valence-electron chi connectivity index (χ1n) is 10.3. The Hall–Kier alpha value is -2.20.